The molecule has 0 spiro atoms. The number of benzene rings is 2. The van der Waals surface area contributed by atoms with Crippen LogP contribution in [0, 0.1) is 5.92 Å². The third-order valence-electron chi connectivity index (χ3n) is 5.12. The lowest BCUT2D eigenvalue weighted by atomic mass is 10.1. The Bertz CT molecular complexity index is 816. The first-order valence-electron chi connectivity index (χ1n) is 9.39. The minimum Gasteiger partial charge on any atom is -0.484 e. The van der Waals surface area contributed by atoms with Crippen LogP contribution in [0.15, 0.2) is 42.5 Å². The number of hydrogen-bond acceptors (Lipinski definition) is 3. The van der Waals surface area contributed by atoms with Crippen LogP contribution in [-0.4, -0.2) is 42.5 Å². The van der Waals surface area contributed by atoms with Crippen molar-refractivity contribution in [1.82, 2.24) is 10.2 Å². The van der Waals surface area contributed by atoms with Gasteiger partial charge in [-0.25, -0.2) is 0 Å². The SMILES string of the molecule is O=C(COc1ccc2ccccc2c1)NC1CCCN(C(=O)C2CC2)C1. The Morgan fingerprint density at radius 2 is 1.88 bits per heavy atom. The summed E-state index contributed by atoms with van der Waals surface area (Å²) < 4.78 is 5.65. The number of nitrogens with zero attached hydrogens (tertiary/aromatic N) is 1. The van der Waals surface area contributed by atoms with Gasteiger partial charge in [0.05, 0.1) is 0 Å². The summed E-state index contributed by atoms with van der Waals surface area (Å²) >= 11 is 0. The Labute approximate surface area is 153 Å². The second-order valence-electron chi connectivity index (χ2n) is 7.26. The lowest BCUT2D eigenvalue weighted by molar-refractivity contribution is -0.135. The van der Waals surface area contributed by atoms with Gasteiger partial charge in [0.25, 0.3) is 5.91 Å². The highest BCUT2D eigenvalue weighted by atomic mass is 16.5. The van der Waals surface area contributed by atoms with Crippen LogP contribution in [0.5, 0.6) is 5.75 Å². The van der Waals surface area contributed by atoms with Crippen LogP contribution in [0.4, 0.5) is 0 Å². The molecule has 2 aromatic rings. The van der Waals surface area contributed by atoms with E-state index < -0.39 is 0 Å². The van der Waals surface area contributed by atoms with Crippen molar-refractivity contribution < 1.29 is 14.3 Å². The summed E-state index contributed by atoms with van der Waals surface area (Å²) in [5, 5.41) is 5.25. The number of rotatable bonds is 5. The van der Waals surface area contributed by atoms with E-state index in [0.29, 0.717) is 12.3 Å². The molecular weight excluding hydrogens is 328 g/mol. The quantitative estimate of drug-likeness (QED) is 0.900. The second-order valence-corrected chi connectivity index (χ2v) is 7.26. The monoisotopic (exact) mass is 352 g/mol. The molecule has 1 N–H and O–H groups in total. The van der Waals surface area contributed by atoms with Crippen molar-refractivity contribution in [2.75, 3.05) is 19.7 Å². The van der Waals surface area contributed by atoms with Gasteiger partial charge in [0.15, 0.2) is 6.61 Å². The van der Waals surface area contributed by atoms with Gasteiger partial charge in [-0.15, -0.1) is 0 Å². The summed E-state index contributed by atoms with van der Waals surface area (Å²) in [6.07, 6.45) is 3.89. The van der Waals surface area contributed by atoms with Crippen molar-refractivity contribution in [3.05, 3.63) is 42.5 Å². The molecule has 1 heterocycles. The van der Waals surface area contributed by atoms with E-state index in [0.717, 1.165) is 43.0 Å². The van der Waals surface area contributed by atoms with Crippen molar-refractivity contribution >= 4 is 22.6 Å². The lowest BCUT2D eigenvalue weighted by Gasteiger charge is -2.33. The van der Waals surface area contributed by atoms with Crippen LogP contribution in [0.1, 0.15) is 25.7 Å². The number of nitrogens with one attached hydrogen (secondary N) is 1. The number of piperidine rings is 1. The summed E-state index contributed by atoms with van der Waals surface area (Å²) in [6.45, 7) is 1.43. The molecule has 1 aliphatic carbocycles. The van der Waals surface area contributed by atoms with Crippen LogP contribution < -0.4 is 10.1 Å². The largest absolute Gasteiger partial charge is 0.484 e. The molecule has 26 heavy (non-hydrogen) atoms. The molecule has 2 fully saturated rings. The van der Waals surface area contributed by atoms with E-state index in [1.54, 1.807) is 0 Å². The maximum atomic E-state index is 12.2. The minimum atomic E-state index is -0.135. The maximum Gasteiger partial charge on any atom is 0.258 e. The van der Waals surface area contributed by atoms with Crippen molar-refractivity contribution in [2.45, 2.75) is 31.7 Å². The Morgan fingerprint density at radius 3 is 2.69 bits per heavy atom. The van der Waals surface area contributed by atoms with Gasteiger partial charge < -0.3 is 15.0 Å². The lowest BCUT2D eigenvalue weighted by Crippen LogP contribution is -2.50. The van der Waals surface area contributed by atoms with Gasteiger partial charge in [-0.3, -0.25) is 9.59 Å². The number of likely N-dealkylation sites (tertiary alicyclic amines) is 1. The summed E-state index contributed by atoms with van der Waals surface area (Å²) in [5.74, 6) is 1.05. The fourth-order valence-electron chi connectivity index (χ4n) is 3.56. The fourth-order valence-corrected chi connectivity index (χ4v) is 3.56. The highest BCUT2D eigenvalue weighted by Gasteiger charge is 2.35. The maximum absolute atomic E-state index is 12.2. The summed E-state index contributed by atoms with van der Waals surface area (Å²) in [5.41, 5.74) is 0. The van der Waals surface area contributed by atoms with Crippen LogP contribution in [0.3, 0.4) is 0 Å². The summed E-state index contributed by atoms with van der Waals surface area (Å²) in [7, 11) is 0. The number of amides is 2. The van der Waals surface area contributed by atoms with Gasteiger partial charge in [-0.2, -0.15) is 0 Å². The van der Waals surface area contributed by atoms with E-state index in [4.69, 9.17) is 4.74 Å². The van der Waals surface area contributed by atoms with Gasteiger partial charge in [0, 0.05) is 25.0 Å². The van der Waals surface area contributed by atoms with Gasteiger partial charge in [0.1, 0.15) is 5.75 Å². The van der Waals surface area contributed by atoms with Gasteiger partial charge >= 0.3 is 0 Å². The highest BCUT2D eigenvalue weighted by Crippen LogP contribution is 2.31. The Kier molecular flexibility index (Phi) is 4.78. The Morgan fingerprint density at radius 1 is 1.08 bits per heavy atom. The summed E-state index contributed by atoms with van der Waals surface area (Å²) in [6, 6.07) is 13.9. The van der Waals surface area contributed by atoms with Crippen molar-refractivity contribution in [3.8, 4) is 5.75 Å². The van der Waals surface area contributed by atoms with E-state index in [1.165, 1.54) is 0 Å². The normalized spacial score (nSPS) is 20.0. The molecule has 136 valence electrons. The zero-order valence-electron chi connectivity index (χ0n) is 14.8. The highest BCUT2D eigenvalue weighted by molar-refractivity contribution is 5.84. The molecule has 2 aliphatic rings. The van der Waals surface area contributed by atoms with Gasteiger partial charge in [-0.1, -0.05) is 30.3 Å². The van der Waals surface area contributed by atoms with E-state index in [9.17, 15) is 9.59 Å². The predicted molar refractivity (Wildman–Crippen MR) is 99.9 cm³/mol. The fraction of sp³-hybridized carbons (Fsp3) is 0.429. The molecule has 5 heteroatoms. The van der Waals surface area contributed by atoms with E-state index in [-0.39, 0.29) is 30.4 Å². The van der Waals surface area contributed by atoms with E-state index >= 15 is 0 Å². The van der Waals surface area contributed by atoms with Crippen LogP contribution in [-0.2, 0) is 9.59 Å². The topological polar surface area (TPSA) is 58.6 Å². The molecule has 1 aliphatic heterocycles. The number of hydrogen-bond donors (Lipinski definition) is 1. The predicted octanol–water partition coefficient (Wildman–Crippen LogP) is 2.74. The van der Waals surface area contributed by atoms with Crippen molar-refractivity contribution in [1.29, 1.82) is 0 Å². The first-order chi connectivity index (χ1) is 12.7. The number of ether oxygens (including phenoxy) is 1. The van der Waals surface area contributed by atoms with E-state index in [1.807, 2.05) is 47.4 Å². The average molecular weight is 352 g/mol. The number of carbonyl (C=O) groups is 2. The molecule has 0 aromatic heterocycles. The van der Waals surface area contributed by atoms with Gasteiger partial charge in [0.2, 0.25) is 5.91 Å². The third kappa shape index (κ3) is 3.98. The molecule has 1 unspecified atom stereocenters. The minimum absolute atomic E-state index is 0.00852. The van der Waals surface area contributed by atoms with Crippen molar-refractivity contribution in [2.24, 2.45) is 5.92 Å². The van der Waals surface area contributed by atoms with Crippen LogP contribution in [0.2, 0.25) is 0 Å². The standard InChI is InChI=1S/C21H24N2O3/c24-20(14-26-19-10-9-15-4-1-2-5-17(15)12-19)22-18-6-3-11-23(13-18)21(25)16-7-8-16/h1-2,4-5,9-10,12,16,18H,3,6-8,11,13-14H2,(H,22,24). The number of fused-ring (bicyclic) bond motifs is 1. The Hall–Kier alpha value is -2.56. The zero-order valence-corrected chi connectivity index (χ0v) is 14.8. The molecule has 2 amide bonds. The molecule has 1 saturated carbocycles. The zero-order chi connectivity index (χ0) is 17.9. The number of carbonyl (C=O) groups excluding carboxylic acids is 2. The van der Waals surface area contributed by atoms with Crippen LogP contribution in [0.25, 0.3) is 10.8 Å². The third-order valence-corrected chi connectivity index (χ3v) is 5.12. The van der Waals surface area contributed by atoms with E-state index in [2.05, 4.69) is 5.32 Å². The molecule has 5 nitrogen and oxygen atoms in total. The van der Waals surface area contributed by atoms with Crippen molar-refractivity contribution in [3.63, 3.8) is 0 Å². The second kappa shape index (κ2) is 7.36. The Balaban J connectivity index is 1.28. The molecule has 1 atom stereocenters. The molecule has 4 rings (SSSR count). The molecule has 1 saturated heterocycles. The first-order valence-corrected chi connectivity index (χ1v) is 9.39. The first kappa shape index (κ1) is 16.9. The summed E-state index contributed by atoms with van der Waals surface area (Å²) in [4.78, 5) is 26.3. The molecule has 0 bridgehead atoms. The van der Waals surface area contributed by atoms with Gasteiger partial charge in [-0.05, 0) is 48.6 Å². The molecule has 2 aromatic carbocycles. The average Bonchev–Trinajstić information content (AvgIpc) is 3.51. The molecular formula is C21H24N2O3. The molecule has 0 radical (unpaired) electrons. The van der Waals surface area contributed by atoms with Crippen LogP contribution >= 0.6 is 0 Å². The smallest absolute Gasteiger partial charge is 0.258 e.